The van der Waals surface area contributed by atoms with Crippen LogP contribution < -0.4 is 5.73 Å². The van der Waals surface area contributed by atoms with Crippen LogP contribution >= 0.6 is 0 Å². The highest BCUT2D eigenvalue weighted by Crippen LogP contribution is 2.35. The van der Waals surface area contributed by atoms with Crippen molar-refractivity contribution in [2.24, 2.45) is 17.8 Å². The summed E-state index contributed by atoms with van der Waals surface area (Å²) in [7, 11) is 0. The van der Waals surface area contributed by atoms with Gasteiger partial charge in [-0.15, -0.1) is 0 Å². The Labute approximate surface area is 110 Å². The third-order valence-corrected chi connectivity index (χ3v) is 4.53. The van der Waals surface area contributed by atoms with Gasteiger partial charge in [-0.1, -0.05) is 26.0 Å². The summed E-state index contributed by atoms with van der Waals surface area (Å²) in [5, 5.41) is 0. The highest BCUT2D eigenvalue weighted by Gasteiger charge is 2.29. The summed E-state index contributed by atoms with van der Waals surface area (Å²) in [6, 6.07) is 5.69. The molecule has 1 fully saturated rings. The number of benzene rings is 1. The van der Waals surface area contributed by atoms with Gasteiger partial charge in [0.15, 0.2) is 5.78 Å². The standard InChI is InChI=1S/C16H23NO/c1-10-4-6-13(8-12(10)3)16(18)14-7-5-11(2)15(17)9-14/h5,7,9-10,12-13H,4,6,8,17H2,1-3H3. The predicted octanol–water partition coefficient (Wildman–Crippen LogP) is 3.83. The lowest BCUT2D eigenvalue weighted by atomic mass is 9.73. The highest BCUT2D eigenvalue weighted by molar-refractivity contribution is 5.98. The Balaban J connectivity index is 2.14. The minimum Gasteiger partial charge on any atom is -0.398 e. The lowest BCUT2D eigenvalue weighted by molar-refractivity contribution is 0.0837. The van der Waals surface area contributed by atoms with Crippen molar-refractivity contribution in [3.8, 4) is 0 Å². The van der Waals surface area contributed by atoms with E-state index in [1.807, 2.05) is 25.1 Å². The van der Waals surface area contributed by atoms with Crippen LogP contribution in [-0.4, -0.2) is 5.78 Å². The number of hydrogen-bond acceptors (Lipinski definition) is 2. The van der Waals surface area contributed by atoms with E-state index in [0.717, 1.165) is 35.6 Å². The van der Waals surface area contributed by atoms with Gasteiger partial charge in [0, 0.05) is 17.2 Å². The van der Waals surface area contributed by atoms with Gasteiger partial charge in [0.1, 0.15) is 0 Å². The van der Waals surface area contributed by atoms with Crippen molar-refractivity contribution in [1.29, 1.82) is 0 Å². The van der Waals surface area contributed by atoms with Crippen molar-refractivity contribution in [2.45, 2.75) is 40.0 Å². The number of hydrogen-bond donors (Lipinski definition) is 1. The molecular weight excluding hydrogens is 222 g/mol. The molecule has 1 saturated carbocycles. The molecule has 2 rings (SSSR count). The van der Waals surface area contributed by atoms with E-state index in [4.69, 9.17) is 5.73 Å². The number of carbonyl (C=O) groups excluding carboxylic acids is 1. The third kappa shape index (κ3) is 2.58. The number of anilines is 1. The molecule has 2 nitrogen and oxygen atoms in total. The first kappa shape index (κ1) is 13.1. The lowest BCUT2D eigenvalue weighted by Crippen LogP contribution is -2.26. The van der Waals surface area contributed by atoms with Crippen molar-refractivity contribution in [1.82, 2.24) is 0 Å². The van der Waals surface area contributed by atoms with E-state index >= 15 is 0 Å². The van der Waals surface area contributed by atoms with Crippen molar-refractivity contribution in [2.75, 3.05) is 5.73 Å². The van der Waals surface area contributed by atoms with Crippen molar-refractivity contribution in [3.63, 3.8) is 0 Å². The number of carbonyl (C=O) groups is 1. The summed E-state index contributed by atoms with van der Waals surface area (Å²) in [6.45, 7) is 6.51. The Morgan fingerprint density at radius 1 is 1.22 bits per heavy atom. The summed E-state index contributed by atoms with van der Waals surface area (Å²) < 4.78 is 0. The van der Waals surface area contributed by atoms with Crippen molar-refractivity contribution < 1.29 is 4.79 Å². The Hall–Kier alpha value is -1.31. The SMILES string of the molecule is Cc1ccc(C(=O)C2CCC(C)C(C)C2)cc1N. The Kier molecular flexibility index (Phi) is 3.74. The number of nitrogen functional groups attached to an aromatic ring is 1. The largest absolute Gasteiger partial charge is 0.398 e. The molecule has 0 aliphatic heterocycles. The molecule has 3 atom stereocenters. The van der Waals surface area contributed by atoms with E-state index in [0.29, 0.717) is 5.92 Å². The number of rotatable bonds is 2. The van der Waals surface area contributed by atoms with Crippen molar-refractivity contribution in [3.05, 3.63) is 29.3 Å². The topological polar surface area (TPSA) is 43.1 Å². The Morgan fingerprint density at radius 3 is 2.56 bits per heavy atom. The molecule has 0 aromatic heterocycles. The molecule has 2 heteroatoms. The average molecular weight is 245 g/mol. The first-order valence-corrected chi connectivity index (χ1v) is 6.89. The van der Waals surface area contributed by atoms with Crippen LogP contribution in [0.4, 0.5) is 5.69 Å². The van der Waals surface area contributed by atoms with Gasteiger partial charge >= 0.3 is 0 Å². The summed E-state index contributed by atoms with van der Waals surface area (Å²) >= 11 is 0. The number of aryl methyl sites for hydroxylation is 1. The molecular formula is C16H23NO. The molecule has 0 spiro atoms. The molecule has 0 heterocycles. The van der Waals surface area contributed by atoms with Gasteiger partial charge in [-0.05, 0) is 49.7 Å². The second-order valence-corrected chi connectivity index (χ2v) is 5.90. The average Bonchev–Trinajstić information content (AvgIpc) is 2.35. The smallest absolute Gasteiger partial charge is 0.166 e. The van der Waals surface area contributed by atoms with Gasteiger partial charge in [-0.2, -0.15) is 0 Å². The molecule has 0 amide bonds. The van der Waals surface area contributed by atoms with Crippen molar-refractivity contribution >= 4 is 11.5 Å². The van der Waals surface area contributed by atoms with Gasteiger partial charge < -0.3 is 5.73 Å². The first-order chi connectivity index (χ1) is 8.49. The quantitative estimate of drug-likeness (QED) is 0.635. The van der Waals surface area contributed by atoms with Gasteiger partial charge in [-0.25, -0.2) is 0 Å². The lowest BCUT2D eigenvalue weighted by Gasteiger charge is -2.31. The van der Waals surface area contributed by atoms with E-state index in [1.165, 1.54) is 6.42 Å². The van der Waals surface area contributed by atoms with Crippen LogP contribution in [0.1, 0.15) is 49.0 Å². The highest BCUT2D eigenvalue weighted by atomic mass is 16.1. The molecule has 1 aromatic carbocycles. The van der Waals surface area contributed by atoms with Crippen LogP contribution in [0.5, 0.6) is 0 Å². The zero-order chi connectivity index (χ0) is 13.3. The van der Waals surface area contributed by atoms with Gasteiger partial charge in [-0.3, -0.25) is 4.79 Å². The molecule has 1 aliphatic carbocycles. The minimum absolute atomic E-state index is 0.193. The summed E-state index contributed by atoms with van der Waals surface area (Å²) in [6.07, 6.45) is 3.21. The van der Waals surface area contributed by atoms with Crippen LogP contribution in [-0.2, 0) is 0 Å². The maximum absolute atomic E-state index is 12.5. The number of Topliss-reactive ketones (excluding diaryl/α,β-unsaturated/α-hetero) is 1. The maximum Gasteiger partial charge on any atom is 0.166 e. The number of ketones is 1. The predicted molar refractivity (Wildman–Crippen MR) is 75.6 cm³/mol. The Morgan fingerprint density at radius 2 is 1.94 bits per heavy atom. The normalized spacial score (nSPS) is 28.1. The fraction of sp³-hybridized carbons (Fsp3) is 0.562. The molecule has 0 radical (unpaired) electrons. The van der Waals surface area contributed by atoms with E-state index in [2.05, 4.69) is 13.8 Å². The molecule has 98 valence electrons. The van der Waals surface area contributed by atoms with Gasteiger partial charge in [0.25, 0.3) is 0 Å². The summed E-state index contributed by atoms with van der Waals surface area (Å²) in [5.74, 6) is 1.87. The number of nitrogens with two attached hydrogens (primary N) is 1. The molecule has 1 aliphatic rings. The van der Waals surface area contributed by atoms with Crippen LogP contribution in [0.15, 0.2) is 18.2 Å². The monoisotopic (exact) mass is 245 g/mol. The molecule has 18 heavy (non-hydrogen) atoms. The zero-order valence-corrected chi connectivity index (χ0v) is 11.6. The minimum atomic E-state index is 0.193. The molecule has 2 N–H and O–H groups in total. The molecule has 1 aromatic rings. The van der Waals surface area contributed by atoms with Gasteiger partial charge in [0.05, 0.1) is 0 Å². The van der Waals surface area contributed by atoms with Crippen LogP contribution in [0.3, 0.4) is 0 Å². The van der Waals surface area contributed by atoms with E-state index in [9.17, 15) is 4.79 Å². The second-order valence-electron chi connectivity index (χ2n) is 5.90. The zero-order valence-electron chi connectivity index (χ0n) is 11.6. The van der Waals surface area contributed by atoms with E-state index < -0.39 is 0 Å². The molecule has 0 saturated heterocycles. The van der Waals surface area contributed by atoms with Crippen LogP contribution in [0.25, 0.3) is 0 Å². The second kappa shape index (κ2) is 5.13. The maximum atomic E-state index is 12.5. The molecule has 3 unspecified atom stereocenters. The fourth-order valence-corrected chi connectivity index (χ4v) is 2.82. The summed E-state index contributed by atoms with van der Waals surface area (Å²) in [4.78, 5) is 12.5. The summed E-state index contributed by atoms with van der Waals surface area (Å²) in [5.41, 5.74) is 8.43. The third-order valence-electron chi connectivity index (χ3n) is 4.53. The van der Waals surface area contributed by atoms with E-state index in [-0.39, 0.29) is 11.7 Å². The Bertz CT molecular complexity index is 452. The fourth-order valence-electron chi connectivity index (χ4n) is 2.82. The van der Waals surface area contributed by atoms with Crippen LogP contribution in [0, 0.1) is 24.7 Å². The van der Waals surface area contributed by atoms with Gasteiger partial charge in [0.2, 0.25) is 0 Å². The first-order valence-electron chi connectivity index (χ1n) is 6.89. The molecule has 0 bridgehead atoms. The van der Waals surface area contributed by atoms with E-state index in [1.54, 1.807) is 0 Å². The van der Waals surface area contributed by atoms with Crippen LogP contribution in [0.2, 0.25) is 0 Å².